The van der Waals surface area contributed by atoms with E-state index in [1.54, 1.807) is 7.11 Å². The number of methoxy groups -OCH3 is 1. The highest BCUT2D eigenvalue weighted by molar-refractivity contribution is 5.27. The van der Waals surface area contributed by atoms with E-state index < -0.39 is 6.10 Å². The van der Waals surface area contributed by atoms with E-state index in [4.69, 9.17) is 18.7 Å². The summed E-state index contributed by atoms with van der Waals surface area (Å²) >= 11 is 0. The molecule has 3 atom stereocenters. The second-order valence-corrected chi connectivity index (χ2v) is 8.30. The first-order valence-corrected chi connectivity index (χ1v) is 11.1. The minimum Gasteiger partial charge on any atom is -0.497 e. The fraction of sp³-hybridized carbons (Fsp3) is 0.609. The fourth-order valence-electron chi connectivity index (χ4n) is 4.12. The Labute approximate surface area is 183 Å². The Kier molecular flexibility index (Phi) is 7.93. The van der Waals surface area contributed by atoms with Crippen molar-refractivity contribution in [2.75, 3.05) is 40.0 Å². The molecular weight excluding hydrogens is 398 g/mol. The lowest BCUT2D eigenvalue weighted by atomic mass is 9.98. The molecule has 8 heteroatoms. The Bertz CT molecular complexity index is 791. The van der Waals surface area contributed by atoms with Gasteiger partial charge < -0.3 is 29.2 Å². The van der Waals surface area contributed by atoms with Crippen LogP contribution < -0.4 is 10.1 Å². The second-order valence-electron chi connectivity index (χ2n) is 8.30. The lowest BCUT2D eigenvalue weighted by Gasteiger charge is -2.34. The van der Waals surface area contributed by atoms with Crippen LogP contribution in [0.4, 0.5) is 0 Å². The molecule has 0 bridgehead atoms. The number of rotatable bonds is 9. The minimum atomic E-state index is -0.450. The van der Waals surface area contributed by atoms with Gasteiger partial charge in [-0.2, -0.15) is 0 Å². The number of aromatic nitrogens is 1. The number of ether oxygens (including phenoxy) is 3. The largest absolute Gasteiger partial charge is 0.497 e. The van der Waals surface area contributed by atoms with Crippen LogP contribution in [0.25, 0.3) is 0 Å². The van der Waals surface area contributed by atoms with Gasteiger partial charge in [0.1, 0.15) is 5.75 Å². The Morgan fingerprint density at radius 3 is 2.77 bits per heavy atom. The van der Waals surface area contributed by atoms with Gasteiger partial charge in [-0.15, -0.1) is 0 Å². The predicted octanol–water partition coefficient (Wildman–Crippen LogP) is 1.76. The van der Waals surface area contributed by atoms with E-state index in [9.17, 15) is 5.11 Å². The zero-order valence-corrected chi connectivity index (χ0v) is 18.2. The lowest BCUT2D eigenvalue weighted by Crippen LogP contribution is -2.45. The van der Waals surface area contributed by atoms with E-state index in [0.717, 1.165) is 75.0 Å². The van der Waals surface area contributed by atoms with E-state index in [2.05, 4.69) is 15.4 Å². The molecule has 0 aliphatic carbocycles. The van der Waals surface area contributed by atoms with Crippen molar-refractivity contribution in [1.82, 2.24) is 15.4 Å². The maximum absolute atomic E-state index is 10.4. The van der Waals surface area contributed by atoms with Crippen LogP contribution in [-0.4, -0.2) is 73.4 Å². The normalized spacial score (nSPS) is 24.9. The zero-order chi connectivity index (χ0) is 21.5. The molecule has 1 aromatic carbocycles. The SMILES string of the molecule is COc1ccc(CNC[C@H]2O[C@H](Cc3cc(CN4CCOCC4)on3)CC[C@@H]2O)cc1. The molecule has 31 heavy (non-hydrogen) atoms. The second kappa shape index (κ2) is 11.1. The van der Waals surface area contributed by atoms with E-state index in [0.29, 0.717) is 13.0 Å². The van der Waals surface area contributed by atoms with Crippen LogP contribution in [-0.2, 0) is 29.0 Å². The van der Waals surface area contributed by atoms with Crippen LogP contribution in [0.5, 0.6) is 5.75 Å². The minimum absolute atomic E-state index is 0.0394. The summed E-state index contributed by atoms with van der Waals surface area (Å²) in [7, 11) is 1.66. The molecule has 2 fully saturated rings. The van der Waals surface area contributed by atoms with Gasteiger partial charge in [0.15, 0.2) is 5.76 Å². The summed E-state index contributed by atoms with van der Waals surface area (Å²) in [4.78, 5) is 2.31. The summed E-state index contributed by atoms with van der Waals surface area (Å²) in [6.07, 6.45) is 1.62. The number of nitrogens with one attached hydrogen (secondary N) is 1. The summed E-state index contributed by atoms with van der Waals surface area (Å²) in [5.74, 6) is 1.73. The highest BCUT2D eigenvalue weighted by Crippen LogP contribution is 2.23. The molecule has 0 amide bonds. The molecule has 8 nitrogen and oxygen atoms in total. The first kappa shape index (κ1) is 22.2. The Morgan fingerprint density at radius 2 is 2.00 bits per heavy atom. The highest BCUT2D eigenvalue weighted by atomic mass is 16.5. The summed E-state index contributed by atoms with van der Waals surface area (Å²) in [6.45, 7) is 5.47. The highest BCUT2D eigenvalue weighted by Gasteiger charge is 2.30. The number of morpholine rings is 1. The van der Waals surface area contributed by atoms with Crippen molar-refractivity contribution in [3.8, 4) is 5.75 Å². The van der Waals surface area contributed by atoms with Crippen LogP contribution in [0.2, 0.25) is 0 Å². The number of nitrogens with zero attached hydrogens (tertiary/aromatic N) is 2. The average molecular weight is 432 g/mol. The van der Waals surface area contributed by atoms with Crippen molar-refractivity contribution in [2.45, 2.75) is 50.7 Å². The molecule has 0 unspecified atom stereocenters. The Balaban J connectivity index is 1.22. The smallest absolute Gasteiger partial charge is 0.150 e. The van der Waals surface area contributed by atoms with Crippen LogP contribution in [0, 0.1) is 0 Å². The van der Waals surface area contributed by atoms with E-state index in [-0.39, 0.29) is 12.2 Å². The van der Waals surface area contributed by atoms with Crippen LogP contribution >= 0.6 is 0 Å². The molecule has 2 aliphatic heterocycles. The van der Waals surface area contributed by atoms with E-state index >= 15 is 0 Å². The van der Waals surface area contributed by atoms with Crippen molar-refractivity contribution < 1.29 is 23.8 Å². The quantitative estimate of drug-likeness (QED) is 0.621. The van der Waals surface area contributed by atoms with Crippen molar-refractivity contribution in [2.24, 2.45) is 0 Å². The van der Waals surface area contributed by atoms with E-state index in [1.165, 1.54) is 0 Å². The molecular formula is C23H33N3O5. The van der Waals surface area contributed by atoms with Crippen molar-refractivity contribution >= 4 is 0 Å². The third-order valence-electron chi connectivity index (χ3n) is 5.94. The van der Waals surface area contributed by atoms with Gasteiger partial charge in [-0.3, -0.25) is 4.90 Å². The lowest BCUT2D eigenvalue weighted by molar-refractivity contribution is -0.115. The maximum atomic E-state index is 10.4. The van der Waals surface area contributed by atoms with Crippen LogP contribution in [0.15, 0.2) is 34.9 Å². The fourth-order valence-corrected chi connectivity index (χ4v) is 4.12. The molecule has 3 heterocycles. The monoisotopic (exact) mass is 431 g/mol. The maximum Gasteiger partial charge on any atom is 0.150 e. The summed E-state index contributed by atoms with van der Waals surface area (Å²) in [5, 5.41) is 18.0. The molecule has 0 radical (unpaired) electrons. The number of aliphatic hydroxyl groups excluding tert-OH is 1. The van der Waals surface area contributed by atoms with Gasteiger partial charge in [-0.05, 0) is 30.5 Å². The van der Waals surface area contributed by atoms with Gasteiger partial charge in [0.25, 0.3) is 0 Å². The third-order valence-corrected chi connectivity index (χ3v) is 5.94. The number of hydrogen-bond acceptors (Lipinski definition) is 8. The van der Waals surface area contributed by atoms with Gasteiger partial charge in [0, 0.05) is 38.7 Å². The first-order valence-electron chi connectivity index (χ1n) is 11.1. The molecule has 2 saturated heterocycles. The summed E-state index contributed by atoms with van der Waals surface area (Å²) in [5.41, 5.74) is 2.08. The predicted molar refractivity (Wildman–Crippen MR) is 115 cm³/mol. The van der Waals surface area contributed by atoms with Crippen LogP contribution in [0.1, 0.15) is 29.9 Å². The van der Waals surface area contributed by atoms with Gasteiger partial charge in [0.2, 0.25) is 0 Å². The molecule has 4 rings (SSSR count). The number of aliphatic hydroxyl groups is 1. The first-order chi connectivity index (χ1) is 15.2. The van der Waals surface area contributed by atoms with Gasteiger partial charge in [-0.25, -0.2) is 0 Å². The Morgan fingerprint density at radius 1 is 1.19 bits per heavy atom. The third kappa shape index (κ3) is 6.51. The molecule has 2 aromatic rings. The van der Waals surface area contributed by atoms with Gasteiger partial charge in [0.05, 0.1) is 50.9 Å². The van der Waals surface area contributed by atoms with Crippen molar-refractivity contribution in [3.63, 3.8) is 0 Å². The van der Waals surface area contributed by atoms with Crippen molar-refractivity contribution in [3.05, 3.63) is 47.3 Å². The van der Waals surface area contributed by atoms with E-state index in [1.807, 2.05) is 30.3 Å². The van der Waals surface area contributed by atoms with Crippen LogP contribution in [0.3, 0.4) is 0 Å². The standard InChI is InChI=1S/C23H33N3O5/c1-28-19-4-2-17(3-5-19)14-24-15-23-22(27)7-6-20(30-23)12-18-13-21(31-25-18)16-26-8-10-29-11-9-26/h2-5,13,20,22-24,27H,6-12,14-16H2,1H3/t20-,22-,23+/m0/s1. The molecule has 2 aliphatic rings. The molecule has 0 saturated carbocycles. The number of hydrogen-bond donors (Lipinski definition) is 2. The number of benzene rings is 1. The summed E-state index contributed by atoms with van der Waals surface area (Å²) in [6, 6.07) is 9.99. The molecule has 170 valence electrons. The average Bonchev–Trinajstić information content (AvgIpc) is 3.23. The Hall–Kier alpha value is -1.97. The zero-order valence-electron chi connectivity index (χ0n) is 18.2. The molecule has 0 spiro atoms. The molecule has 1 aromatic heterocycles. The topological polar surface area (TPSA) is 89.2 Å². The molecule has 2 N–H and O–H groups in total. The van der Waals surface area contributed by atoms with Gasteiger partial charge in [-0.1, -0.05) is 17.3 Å². The summed E-state index contributed by atoms with van der Waals surface area (Å²) < 4.78 is 22.3. The van der Waals surface area contributed by atoms with Gasteiger partial charge >= 0.3 is 0 Å². The van der Waals surface area contributed by atoms with Crippen molar-refractivity contribution in [1.29, 1.82) is 0 Å².